The summed E-state index contributed by atoms with van der Waals surface area (Å²) >= 11 is 0. The standard InChI is InChI=1S/C23H28N8/c1-15-11-22(30-29-15)27-21-14-20-19(7-3-9-25-20)23(28-21)26-16-12-17-5-2-6-18(13-16)31(17)10-4-8-24/h3,7,9,11,14,16-18H,2,4-6,10,12-13H2,1H3,(H3,26,27,28,29,30)/t16?,17-,18+. The number of H-pyrrole nitrogens is 1. The molecular formula is C23H28N8. The Kier molecular flexibility index (Phi) is 5.43. The molecule has 31 heavy (non-hydrogen) atoms. The number of aromatic nitrogens is 4. The second-order valence-corrected chi connectivity index (χ2v) is 8.68. The largest absolute Gasteiger partial charge is 0.367 e. The number of nitriles is 1. The molecule has 0 aliphatic carbocycles. The van der Waals surface area contributed by atoms with Gasteiger partial charge in [-0.25, -0.2) is 4.98 Å². The summed E-state index contributed by atoms with van der Waals surface area (Å²) < 4.78 is 0. The molecule has 2 aliphatic rings. The second kappa shape index (κ2) is 8.52. The number of anilines is 3. The van der Waals surface area contributed by atoms with E-state index in [-0.39, 0.29) is 0 Å². The van der Waals surface area contributed by atoms with Gasteiger partial charge in [0.2, 0.25) is 0 Å². The molecule has 3 atom stereocenters. The molecule has 8 nitrogen and oxygen atoms in total. The van der Waals surface area contributed by atoms with Crippen LogP contribution in [-0.2, 0) is 0 Å². The van der Waals surface area contributed by atoms with Gasteiger partial charge in [0.15, 0.2) is 5.82 Å². The Bertz CT molecular complexity index is 1090. The summed E-state index contributed by atoms with van der Waals surface area (Å²) in [6, 6.07) is 11.7. The quantitative estimate of drug-likeness (QED) is 0.555. The van der Waals surface area contributed by atoms with E-state index in [2.05, 4.69) is 42.9 Å². The summed E-state index contributed by atoms with van der Waals surface area (Å²) in [5, 5.41) is 24.3. The van der Waals surface area contributed by atoms with Crippen molar-refractivity contribution in [1.82, 2.24) is 25.1 Å². The number of hydrogen-bond acceptors (Lipinski definition) is 7. The molecule has 0 amide bonds. The molecule has 2 saturated heterocycles. The third kappa shape index (κ3) is 4.19. The maximum atomic E-state index is 9.03. The molecule has 2 bridgehead atoms. The molecule has 0 radical (unpaired) electrons. The van der Waals surface area contributed by atoms with E-state index in [1.807, 2.05) is 31.3 Å². The Morgan fingerprint density at radius 2 is 2.06 bits per heavy atom. The first-order valence-corrected chi connectivity index (χ1v) is 11.1. The molecule has 8 heteroatoms. The van der Waals surface area contributed by atoms with Crippen molar-refractivity contribution in [2.24, 2.45) is 0 Å². The van der Waals surface area contributed by atoms with Crippen LogP contribution in [0.2, 0.25) is 0 Å². The molecule has 3 aromatic rings. The van der Waals surface area contributed by atoms with Crippen LogP contribution < -0.4 is 10.6 Å². The fourth-order valence-corrected chi connectivity index (χ4v) is 5.20. The van der Waals surface area contributed by atoms with E-state index in [0.717, 1.165) is 53.4 Å². The summed E-state index contributed by atoms with van der Waals surface area (Å²) in [5.74, 6) is 2.34. The number of aryl methyl sites for hydroxylation is 1. The summed E-state index contributed by atoms with van der Waals surface area (Å²) in [6.45, 7) is 2.87. The van der Waals surface area contributed by atoms with Gasteiger partial charge in [-0.3, -0.25) is 15.0 Å². The van der Waals surface area contributed by atoms with E-state index in [1.54, 1.807) is 0 Å². The van der Waals surface area contributed by atoms with E-state index in [9.17, 15) is 0 Å². The molecular weight excluding hydrogens is 388 g/mol. The molecule has 2 aliphatic heterocycles. The minimum Gasteiger partial charge on any atom is -0.367 e. The minimum atomic E-state index is 0.368. The van der Waals surface area contributed by atoms with Crippen LogP contribution in [0.4, 0.5) is 17.5 Å². The number of fused-ring (bicyclic) bond motifs is 3. The van der Waals surface area contributed by atoms with Crippen molar-refractivity contribution in [3.63, 3.8) is 0 Å². The van der Waals surface area contributed by atoms with E-state index < -0.39 is 0 Å². The Morgan fingerprint density at radius 1 is 1.23 bits per heavy atom. The van der Waals surface area contributed by atoms with E-state index in [4.69, 9.17) is 10.2 Å². The topological polar surface area (TPSA) is 106 Å². The van der Waals surface area contributed by atoms with Crippen molar-refractivity contribution in [3.8, 4) is 6.07 Å². The lowest BCUT2D eigenvalue weighted by atomic mass is 9.81. The number of nitrogens with one attached hydrogen (secondary N) is 3. The monoisotopic (exact) mass is 416 g/mol. The van der Waals surface area contributed by atoms with Crippen LogP contribution in [0.25, 0.3) is 10.9 Å². The minimum absolute atomic E-state index is 0.368. The molecule has 3 N–H and O–H groups in total. The molecule has 5 rings (SSSR count). The Morgan fingerprint density at radius 3 is 2.81 bits per heavy atom. The van der Waals surface area contributed by atoms with Crippen LogP contribution in [0.15, 0.2) is 30.5 Å². The lowest BCUT2D eigenvalue weighted by Gasteiger charge is -2.49. The van der Waals surface area contributed by atoms with Crippen LogP contribution in [0.1, 0.15) is 44.2 Å². The summed E-state index contributed by atoms with van der Waals surface area (Å²) in [5.41, 5.74) is 1.90. The average molecular weight is 417 g/mol. The number of piperidine rings is 2. The van der Waals surface area contributed by atoms with Gasteiger partial charge in [-0.15, -0.1) is 0 Å². The Hall–Kier alpha value is -3.18. The van der Waals surface area contributed by atoms with Crippen LogP contribution in [0.3, 0.4) is 0 Å². The van der Waals surface area contributed by atoms with Gasteiger partial charge >= 0.3 is 0 Å². The van der Waals surface area contributed by atoms with E-state index in [0.29, 0.717) is 24.5 Å². The normalized spacial score (nSPS) is 23.4. The first-order valence-electron chi connectivity index (χ1n) is 11.1. The van der Waals surface area contributed by atoms with Gasteiger partial charge in [-0.05, 0) is 44.7 Å². The zero-order chi connectivity index (χ0) is 21.2. The molecule has 160 valence electrons. The predicted octanol–water partition coefficient (Wildman–Crippen LogP) is 4.12. The summed E-state index contributed by atoms with van der Waals surface area (Å²) in [4.78, 5) is 12.0. The number of aromatic amines is 1. The Balaban J connectivity index is 1.39. The van der Waals surface area contributed by atoms with Gasteiger partial charge < -0.3 is 10.6 Å². The first kappa shape index (κ1) is 19.8. The fraction of sp³-hybridized carbons (Fsp3) is 0.478. The van der Waals surface area contributed by atoms with Gasteiger partial charge in [-0.2, -0.15) is 10.4 Å². The third-order valence-electron chi connectivity index (χ3n) is 6.51. The van der Waals surface area contributed by atoms with Crippen molar-refractivity contribution < 1.29 is 0 Å². The predicted molar refractivity (Wildman–Crippen MR) is 121 cm³/mol. The van der Waals surface area contributed by atoms with E-state index in [1.165, 1.54) is 19.3 Å². The van der Waals surface area contributed by atoms with Gasteiger partial charge in [0.25, 0.3) is 0 Å². The highest BCUT2D eigenvalue weighted by molar-refractivity contribution is 5.91. The number of pyridine rings is 2. The lowest BCUT2D eigenvalue weighted by Crippen LogP contribution is -2.55. The van der Waals surface area contributed by atoms with Crippen LogP contribution in [0, 0.1) is 18.3 Å². The van der Waals surface area contributed by atoms with Gasteiger partial charge in [-0.1, -0.05) is 6.42 Å². The molecule has 0 spiro atoms. The van der Waals surface area contributed by atoms with Gasteiger partial charge in [0.05, 0.1) is 11.6 Å². The molecule has 3 aromatic heterocycles. The zero-order valence-electron chi connectivity index (χ0n) is 17.8. The summed E-state index contributed by atoms with van der Waals surface area (Å²) in [6.07, 6.45) is 8.32. The first-order chi connectivity index (χ1) is 15.2. The van der Waals surface area contributed by atoms with Crippen molar-refractivity contribution in [1.29, 1.82) is 5.26 Å². The SMILES string of the molecule is Cc1cc(Nc2cc3ncccc3c(NC3C[C@H]4CCC[C@@H](C3)N4CCC#N)n2)n[nH]1. The highest BCUT2D eigenvalue weighted by Crippen LogP contribution is 2.36. The Labute approximate surface area is 182 Å². The van der Waals surface area contributed by atoms with Gasteiger partial charge in [0.1, 0.15) is 11.6 Å². The molecule has 0 aromatic carbocycles. The average Bonchev–Trinajstić information content (AvgIpc) is 3.16. The fourth-order valence-electron chi connectivity index (χ4n) is 5.20. The maximum Gasteiger partial charge on any atom is 0.153 e. The number of nitrogens with zero attached hydrogens (tertiary/aromatic N) is 5. The van der Waals surface area contributed by atoms with Crippen LogP contribution >= 0.6 is 0 Å². The van der Waals surface area contributed by atoms with Gasteiger partial charge in [0, 0.05) is 60.5 Å². The third-order valence-corrected chi connectivity index (χ3v) is 6.51. The highest BCUT2D eigenvalue weighted by Gasteiger charge is 2.38. The highest BCUT2D eigenvalue weighted by atomic mass is 15.2. The zero-order valence-corrected chi connectivity index (χ0v) is 17.8. The lowest BCUT2D eigenvalue weighted by molar-refractivity contribution is 0.0370. The van der Waals surface area contributed by atoms with Crippen molar-refractivity contribution in [2.75, 3.05) is 17.2 Å². The van der Waals surface area contributed by atoms with Crippen molar-refractivity contribution >= 4 is 28.4 Å². The van der Waals surface area contributed by atoms with Crippen LogP contribution in [-0.4, -0.2) is 49.7 Å². The second-order valence-electron chi connectivity index (χ2n) is 8.68. The number of hydrogen-bond donors (Lipinski definition) is 3. The maximum absolute atomic E-state index is 9.03. The number of rotatable bonds is 6. The van der Waals surface area contributed by atoms with Crippen molar-refractivity contribution in [3.05, 3.63) is 36.2 Å². The van der Waals surface area contributed by atoms with Crippen LogP contribution in [0.5, 0.6) is 0 Å². The molecule has 5 heterocycles. The van der Waals surface area contributed by atoms with Crippen molar-refractivity contribution in [2.45, 2.75) is 63.6 Å². The molecule has 2 fully saturated rings. The molecule has 0 saturated carbocycles. The summed E-state index contributed by atoms with van der Waals surface area (Å²) in [7, 11) is 0. The molecule has 1 unspecified atom stereocenters. The smallest absolute Gasteiger partial charge is 0.153 e. The van der Waals surface area contributed by atoms with E-state index >= 15 is 0 Å².